The molecule has 0 aliphatic carbocycles. The maximum Gasteiger partial charge on any atom is 0.408 e. The predicted molar refractivity (Wildman–Crippen MR) is 119 cm³/mol. The van der Waals surface area contributed by atoms with E-state index in [2.05, 4.69) is 10.6 Å². The van der Waals surface area contributed by atoms with E-state index in [0.717, 1.165) is 36.5 Å². The van der Waals surface area contributed by atoms with Gasteiger partial charge in [-0.3, -0.25) is 4.79 Å². The number of hydrogen-bond acceptors (Lipinski definition) is 6. The van der Waals surface area contributed by atoms with Crippen molar-refractivity contribution in [2.75, 3.05) is 25.2 Å². The van der Waals surface area contributed by atoms with Gasteiger partial charge in [-0.1, -0.05) is 12.1 Å². The maximum absolute atomic E-state index is 12.8. The van der Waals surface area contributed by atoms with E-state index in [9.17, 15) is 9.59 Å². The Morgan fingerprint density at radius 3 is 2.57 bits per heavy atom. The van der Waals surface area contributed by atoms with E-state index >= 15 is 0 Å². The maximum atomic E-state index is 12.8. The summed E-state index contributed by atoms with van der Waals surface area (Å²) in [7, 11) is 1.61. The van der Waals surface area contributed by atoms with E-state index in [1.54, 1.807) is 39.6 Å². The van der Waals surface area contributed by atoms with Crippen molar-refractivity contribution >= 4 is 23.8 Å². The van der Waals surface area contributed by atoms with Crippen LogP contribution in [0.4, 0.5) is 4.79 Å². The van der Waals surface area contributed by atoms with Crippen molar-refractivity contribution in [2.45, 2.75) is 64.3 Å². The van der Waals surface area contributed by atoms with Gasteiger partial charge >= 0.3 is 6.09 Å². The van der Waals surface area contributed by atoms with Crippen molar-refractivity contribution in [1.29, 1.82) is 0 Å². The molecule has 1 aliphatic rings. The van der Waals surface area contributed by atoms with Crippen LogP contribution in [-0.2, 0) is 20.8 Å². The molecule has 1 aromatic carbocycles. The second-order valence-electron chi connectivity index (χ2n) is 8.29. The molecule has 2 rings (SSSR count). The van der Waals surface area contributed by atoms with Crippen LogP contribution < -0.4 is 15.4 Å². The molecule has 1 unspecified atom stereocenters. The minimum atomic E-state index is -0.688. The van der Waals surface area contributed by atoms with Gasteiger partial charge in [0.2, 0.25) is 5.91 Å². The van der Waals surface area contributed by atoms with Crippen LogP contribution in [0.2, 0.25) is 0 Å². The van der Waals surface area contributed by atoms with E-state index in [0.29, 0.717) is 12.3 Å². The topological polar surface area (TPSA) is 85.9 Å². The molecule has 1 fully saturated rings. The van der Waals surface area contributed by atoms with Gasteiger partial charge in [0.25, 0.3) is 0 Å². The zero-order valence-corrected chi connectivity index (χ0v) is 19.2. The molecule has 30 heavy (non-hydrogen) atoms. The van der Waals surface area contributed by atoms with Crippen LogP contribution in [-0.4, -0.2) is 55.0 Å². The first-order valence-corrected chi connectivity index (χ1v) is 11.5. The number of hydrogen-bond donors (Lipinski definition) is 2. The van der Waals surface area contributed by atoms with Gasteiger partial charge in [0.05, 0.1) is 13.2 Å². The molecule has 1 saturated heterocycles. The monoisotopic (exact) mass is 438 g/mol. The Morgan fingerprint density at radius 2 is 1.97 bits per heavy atom. The van der Waals surface area contributed by atoms with Crippen LogP contribution in [0, 0.1) is 0 Å². The summed E-state index contributed by atoms with van der Waals surface area (Å²) in [5.74, 6) is 1.77. The molecule has 2 atom stereocenters. The largest absolute Gasteiger partial charge is 0.497 e. The Labute approximate surface area is 183 Å². The lowest BCUT2D eigenvalue weighted by Gasteiger charge is -2.25. The van der Waals surface area contributed by atoms with Crippen LogP contribution in [0.5, 0.6) is 5.75 Å². The van der Waals surface area contributed by atoms with Gasteiger partial charge in [0.15, 0.2) is 0 Å². The van der Waals surface area contributed by atoms with Crippen LogP contribution >= 0.6 is 11.8 Å². The lowest BCUT2D eigenvalue weighted by atomic mass is 10.1. The number of benzene rings is 1. The summed E-state index contributed by atoms with van der Waals surface area (Å²) in [5, 5.41) is 5.61. The molecule has 1 heterocycles. The van der Waals surface area contributed by atoms with Crippen LogP contribution in [0.3, 0.4) is 0 Å². The lowest BCUT2D eigenvalue weighted by Crippen LogP contribution is -2.49. The summed E-state index contributed by atoms with van der Waals surface area (Å²) in [4.78, 5) is 25.0. The molecule has 7 nitrogen and oxygen atoms in total. The molecule has 0 aromatic heterocycles. The molecule has 0 radical (unpaired) electrons. The average Bonchev–Trinajstić information content (AvgIpc) is 2.71. The Hall–Kier alpha value is -1.93. The fourth-order valence-corrected chi connectivity index (χ4v) is 4.08. The highest BCUT2D eigenvalue weighted by Gasteiger charge is 2.25. The van der Waals surface area contributed by atoms with Crippen molar-refractivity contribution in [3.05, 3.63) is 29.8 Å². The summed E-state index contributed by atoms with van der Waals surface area (Å²) in [5.41, 5.74) is 0.320. The van der Waals surface area contributed by atoms with Gasteiger partial charge in [-0.2, -0.15) is 11.8 Å². The van der Waals surface area contributed by atoms with Crippen LogP contribution in [0.25, 0.3) is 0 Å². The molecule has 2 amide bonds. The third kappa shape index (κ3) is 9.26. The smallest absolute Gasteiger partial charge is 0.408 e. The van der Waals surface area contributed by atoms with Gasteiger partial charge in [0.1, 0.15) is 17.4 Å². The summed E-state index contributed by atoms with van der Waals surface area (Å²) in [6.45, 7) is 6.54. The number of thioether (sulfide) groups is 1. The molecular weight excluding hydrogens is 404 g/mol. The summed E-state index contributed by atoms with van der Waals surface area (Å²) in [6, 6.07) is 6.79. The van der Waals surface area contributed by atoms with Crippen molar-refractivity contribution < 1.29 is 23.8 Å². The van der Waals surface area contributed by atoms with Crippen molar-refractivity contribution in [1.82, 2.24) is 10.6 Å². The second kappa shape index (κ2) is 12.1. The third-order valence-electron chi connectivity index (χ3n) is 4.50. The van der Waals surface area contributed by atoms with Gasteiger partial charge in [0, 0.05) is 24.7 Å². The summed E-state index contributed by atoms with van der Waals surface area (Å²) < 4.78 is 16.2. The molecule has 2 N–H and O–H groups in total. The van der Waals surface area contributed by atoms with E-state index in [4.69, 9.17) is 14.2 Å². The standard InChI is InChI=1S/C22H34N2O5S/c1-22(2,3)29-21(26)24-19(15-30-14-18-7-5-6-12-28-18)20(25)23-13-16-8-10-17(27-4)11-9-16/h8-11,18-19H,5-7,12-15H2,1-4H3,(H,23,25)(H,24,26)/t18?,19-/m0/s1. The number of amides is 2. The summed E-state index contributed by atoms with van der Waals surface area (Å²) in [6.07, 6.45) is 2.95. The second-order valence-corrected chi connectivity index (χ2v) is 9.37. The van der Waals surface area contributed by atoms with Crippen molar-refractivity contribution in [3.63, 3.8) is 0 Å². The molecule has 0 bridgehead atoms. The molecule has 1 aliphatic heterocycles. The third-order valence-corrected chi connectivity index (χ3v) is 5.67. The average molecular weight is 439 g/mol. The highest BCUT2D eigenvalue weighted by molar-refractivity contribution is 7.99. The molecule has 168 valence electrons. The first-order valence-electron chi connectivity index (χ1n) is 10.4. The molecule has 8 heteroatoms. The van der Waals surface area contributed by atoms with Crippen LogP contribution in [0.15, 0.2) is 24.3 Å². The fraction of sp³-hybridized carbons (Fsp3) is 0.636. The van der Waals surface area contributed by atoms with Crippen molar-refractivity contribution in [3.8, 4) is 5.75 Å². The van der Waals surface area contributed by atoms with E-state index in [-0.39, 0.29) is 12.0 Å². The van der Waals surface area contributed by atoms with Crippen molar-refractivity contribution in [2.24, 2.45) is 0 Å². The zero-order valence-electron chi connectivity index (χ0n) is 18.4. The first kappa shape index (κ1) is 24.3. The highest BCUT2D eigenvalue weighted by Crippen LogP contribution is 2.18. The predicted octanol–water partition coefficient (Wildman–Crippen LogP) is 3.51. The van der Waals surface area contributed by atoms with Gasteiger partial charge in [-0.25, -0.2) is 4.79 Å². The lowest BCUT2D eigenvalue weighted by molar-refractivity contribution is -0.122. The fourth-order valence-electron chi connectivity index (χ4n) is 2.94. The van der Waals surface area contributed by atoms with Gasteiger partial charge < -0.3 is 24.8 Å². The van der Waals surface area contributed by atoms with E-state index in [1.165, 1.54) is 6.42 Å². The molecule has 0 spiro atoms. The Bertz CT molecular complexity index is 669. The SMILES string of the molecule is COc1ccc(CNC(=O)[C@H](CSCC2CCCCO2)NC(=O)OC(C)(C)C)cc1. The minimum absolute atomic E-state index is 0.216. The number of rotatable bonds is 9. The number of methoxy groups -OCH3 is 1. The zero-order chi connectivity index (χ0) is 22.0. The highest BCUT2D eigenvalue weighted by atomic mass is 32.2. The van der Waals surface area contributed by atoms with Gasteiger partial charge in [-0.05, 0) is 57.7 Å². The summed E-state index contributed by atoms with van der Waals surface area (Å²) >= 11 is 1.61. The Morgan fingerprint density at radius 1 is 1.23 bits per heavy atom. The van der Waals surface area contributed by atoms with Crippen LogP contribution in [0.1, 0.15) is 45.6 Å². The Balaban J connectivity index is 1.89. The van der Waals surface area contributed by atoms with E-state index < -0.39 is 17.7 Å². The quantitative estimate of drug-likeness (QED) is 0.614. The van der Waals surface area contributed by atoms with Gasteiger partial charge in [-0.15, -0.1) is 0 Å². The molecular formula is C22H34N2O5S. The molecule has 0 saturated carbocycles. The number of alkyl carbamates (subject to hydrolysis) is 1. The number of carbonyl (C=O) groups excluding carboxylic acids is 2. The number of nitrogens with one attached hydrogen (secondary N) is 2. The normalized spacial score (nSPS) is 17.7. The first-order chi connectivity index (χ1) is 14.3. The number of carbonyl (C=O) groups is 2. The number of ether oxygens (including phenoxy) is 3. The molecule has 1 aromatic rings. The minimum Gasteiger partial charge on any atom is -0.497 e. The van der Waals surface area contributed by atoms with E-state index in [1.807, 2.05) is 24.3 Å². The Kier molecular flexibility index (Phi) is 9.78.